The number of hydrogen-bond acceptors (Lipinski definition) is 13. The Kier molecular flexibility index (Phi) is 9.52. The number of imidazole rings is 1. The highest BCUT2D eigenvalue weighted by Crippen LogP contribution is 2.50. The van der Waals surface area contributed by atoms with Crippen LogP contribution in [0.3, 0.4) is 0 Å². The minimum absolute atomic E-state index is 0.0345. The van der Waals surface area contributed by atoms with E-state index >= 15 is 0 Å². The molecule has 1 unspecified atom stereocenters. The predicted octanol–water partition coefficient (Wildman–Crippen LogP) is 2.53. The Morgan fingerprint density at radius 1 is 1.14 bits per heavy atom. The normalized spacial score (nSPS) is 19.5. The maximum Gasteiger partial charge on any atom is 0.474 e. The van der Waals surface area contributed by atoms with Crippen molar-refractivity contribution in [2.24, 2.45) is 0 Å². The third kappa shape index (κ3) is 7.67. The van der Waals surface area contributed by atoms with Crippen molar-refractivity contribution in [3.05, 3.63) is 6.33 Å². The van der Waals surface area contributed by atoms with E-state index in [4.69, 9.17) is 33.5 Å². The highest BCUT2D eigenvalue weighted by molar-refractivity contribution is 7.48. The Morgan fingerprint density at radius 2 is 1.91 bits per heavy atom. The number of aromatic nitrogens is 4. The second-order valence-corrected chi connectivity index (χ2v) is 9.37. The minimum atomic E-state index is -3.88. The van der Waals surface area contributed by atoms with Gasteiger partial charge in [-0.15, -0.1) is 0 Å². The summed E-state index contributed by atoms with van der Waals surface area (Å²) in [5.41, 5.74) is 6.39. The Bertz CT molecular complexity index is 1080. The molecule has 194 valence electrons. The van der Waals surface area contributed by atoms with E-state index < -0.39 is 32.1 Å². The van der Waals surface area contributed by atoms with Crippen LogP contribution in [0.5, 0.6) is 5.88 Å². The summed E-state index contributed by atoms with van der Waals surface area (Å²) >= 11 is 0. The van der Waals surface area contributed by atoms with Gasteiger partial charge in [0.05, 0.1) is 32.3 Å². The zero-order valence-electron chi connectivity index (χ0n) is 19.9. The summed E-state index contributed by atoms with van der Waals surface area (Å²) in [7, 11) is -3.88. The van der Waals surface area contributed by atoms with Crippen LogP contribution in [0.1, 0.15) is 52.7 Å². The smallest absolute Gasteiger partial charge is 0.463 e. The molecule has 0 aromatic carbocycles. The summed E-state index contributed by atoms with van der Waals surface area (Å²) in [5, 5.41) is 0. The number of rotatable bonds is 13. The number of ether oxygens (including phenoxy) is 3. The predicted molar refractivity (Wildman–Crippen MR) is 121 cm³/mol. The molecule has 3 heterocycles. The molecule has 1 aliphatic rings. The Balaban J connectivity index is 1.62. The summed E-state index contributed by atoms with van der Waals surface area (Å²) in [6, 6.07) is 0. The first-order chi connectivity index (χ1) is 16.7. The van der Waals surface area contributed by atoms with Crippen LogP contribution in [0, 0.1) is 0 Å². The van der Waals surface area contributed by atoms with Crippen LogP contribution in [0.25, 0.3) is 11.2 Å². The van der Waals surface area contributed by atoms with Crippen molar-refractivity contribution in [3.63, 3.8) is 0 Å². The summed E-state index contributed by atoms with van der Waals surface area (Å²) in [4.78, 5) is 34.6. The van der Waals surface area contributed by atoms with Crippen molar-refractivity contribution < 1.29 is 41.9 Å². The standard InChI is InChI=1S/C20H30N5O9P/c1-4-5-8-30-35(28,31-10-9-29-13(2)26)32-11-15-6-7-16(34-15)25-12-22-17-18(25)23-20(21)24-19(17)33-14(3)27/h12,15-16H,4-11H2,1-3H3,(H2,21,23,24)/t15-,16+,35?/m0/s1. The van der Waals surface area contributed by atoms with E-state index in [1.165, 1.54) is 20.2 Å². The lowest BCUT2D eigenvalue weighted by atomic mass is 10.2. The first-order valence-corrected chi connectivity index (χ1v) is 12.7. The third-order valence-corrected chi connectivity index (χ3v) is 6.31. The summed E-state index contributed by atoms with van der Waals surface area (Å²) in [6.45, 7) is 4.42. The van der Waals surface area contributed by atoms with E-state index in [1.807, 2.05) is 6.92 Å². The molecule has 0 bridgehead atoms. The molecule has 2 aromatic rings. The summed E-state index contributed by atoms with van der Waals surface area (Å²) < 4.78 is 46.8. The highest BCUT2D eigenvalue weighted by Gasteiger charge is 2.33. The van der Waals surface area contributed by atoms with Gasteiger partial charge in [-0.1, -0.05) is 13.3 Å². The van der Waals surface area contributed by atoms with Gasteiger partial charge in [0.25, 0.3) is 5.88 Å². The number of hydrogen-bond donors (Lipinski definition) is 1. The van der Waals surface area contributed by atoms with E-state index in [0.717, 1.165) is 6.42 Å². The number of anilines is 1. The minimum Gasteiger partial charge on any atom is -0.463 e. The SMILES string of the molecule is CCCCOP(=O)(OCCOC(C)=O)OC[C@@H]1CC[C@H](n2cnc3c(OC(C)=O)nc(N)nc32)O1. The Labute approximate surface area is 202 Å². The lowest BCUT2D eigenvalue weighted by Crippen LogP contribution is -2.18. The maximum absolute atomic E-state index is 13.0. The van der Waals surface area contributed by atoms with Gasteiger partial charge in [-0.25, -0.2) is 9.55 Å². The van der Waals surface area contributed by atoms with Gasteiger partial charge in [-0.05, 0) is 19.3 Å². The van der Waals surface area contributed by atoms with Gasteiger partial charge < -0.3 is 19.9 Å². The molecule has 15 heteroatoms. The van der Waals surface area contributed by atoms with Crippen LogP contribution in [-0.2, 0) is 37.2 Å². The monoisotopic (exact) mass is 515 g/mol. The fourth-order valence-electron chi connectivity index (χ4n) is 3.28. The van der Waals surface area contributed by atoms with Gasteiger partial charge in [0.1, 0.15) is 12.8 Å². The lowest BCUT2D eigenvalue weighted by Gasteiger charge is -2.20. The van der Waals surface area contributed by atoms with Gasteiger partial charge in [0.2, 0.25) is 5.95 Å². The zero-order valence-corrected chi connectivity index (χ0v) is 20.8. The molecule has 0 aliphatic carbocycles. The van der Waals surface area contributed by atoms with Gasteiger partial charge in [0, 0.05) is 13.8 Å². The van der Waals surface area contributed by atoms with Crippen molar-refractivity contribution in [2.75, 3.05) is 32.2 Å². The molecule has 1 saturated heterocycles. The van der Waals surface area contributed by atoms with Crippen LogP contribution in [0.15, 0.2) is 6.33 Å². The molecule has 3 atom stereocenters. The number of unbranched alkanes of at least 4 members (excludes halogenated alkanes) is 1. The van der Waals surface area contributed by atoms with Gasteiger partial charge in [-0.2, -0.15) is 9.97 Å². The van der Waals surface area contributed by atoms with Crippen molar-refractivity contribution in [1.29, 1.82) is 0 Å². The number of phosphoric acid groups is 1. The number of nitrogens with two attached hydrogens (primary N) is 1. The quantitative estimate of drug-likeness (QED) is 0.234. The molecule has 14 nitrogen and oxygen atoms in total. The molecular formula is C20H30N5O9P. The fraction of sp³-hybridized carbons (Fsp3) is 0.650. The lowest BCUT2D eigenvalue weighted by molar-refractivity contribution is -0.142. The summed E-state index contributed by atoms with van der Waals surface area (Å²) in [6.07, 6.45) is 3.31. The molecule has 2 aromatic heterocycles. The molecule has 35 heavy (non-hydrogen) atoms. The zero-order chi connectivity index (χ0) is 25.4. The number of fused-ring (bicyclic) bond motifs is 1. The van der Waals surface area contributed by atoms with Crippen LogP contribution < -0.4 is 10.5 Å². The number of phosphoric ester groups is 1. The van der Waals surface area contributed by atoms with Crippen molar-refractivity contribution in [2.45, 2.75) is 58.8 Å². The van der Waals surface area contributed by atoms with Crippen molar-refractivity contribution >= 4 is 36.9 Å². The van der Waals surface area contributed by atoms with Gasteiger partial charge in [0.15, 0.2) is 11.2 Å². The number of nitrogen functional groups attached to an aromatic ring is 1. The van der Waals surface area contributed by atoms with Crippen LogP contribution in [0.4, 0.5) is 5.95 Å². The number of carbonyl (C=O) groups is 2. The first-order valence-electron chi connectivity index (χ1n) is 11.2. The molecule has 1 aliphatic heterocycles. The molecule has 0 spiro atoms. The summed E-state index contributed by atoms with van der Waals surface area (Å²) in [5.74, 6) is -1.15. The van der Waals surface area contributed by atoms with Gasteiger partial charge in [-0.3, -0.25) is 27.7 Å². The van der Waals surface area contributed by atoms with E-state index in [1.54, 1.807) is 4.57 Å². The number of carbonyl (C=O) groups excluding carboxylic acids is 2. The van der Waals surface area contributed by atoms with E-state index in [-0.39, 0.29) is 43.8 Å². The van der Waals surface area contributed by atoms with Crippen molar-refractivity contribution in [3.8, 4) is 5.88 Å². The van der Waals surface area contributed by atoms with Crippen LogP contribution >= 0.6 is 7.82 Å². The van der Waals surface area contributed by atoms with Gasteiger partial charge >= 0.3 is 19.8 Å². The molecule has 0 radical (unpaired) electrons. The molecule has 0 saturated carbocycles. The topological polar surface area (TPSA) is 176 Å². The largest absolute Gasteiger partial charge is 0.474 e. The Hall–Kier alpha value is -2.64. The Morgan fingerprint density at radius 3 is 2.63 bits per heavy atom. The molecular weight excluding hydrogens is 485 g/mol. The van der Waals surface area contributed by atoms with Crippen molar-refractivity contribution in [1.82, 2.24) is 19.5 Å². The van der Waals surface area contributed by atoms with Crippen LogP contribution in [-0.4, -0.2) is 64.0 Å². The number of nitrogens with zero attached hydrogens (tertiary/aromatic N) is 4. The molecule has 2 N–H and O–H groups in total. The first kappa shape index (κ1) is 27.0. The maximum atomic E-state index is 13.0. The second kappa shape index (κ2) is 12.4. The van der Waals surface area contributed by atoms with E-state index in [0.29, 0.717) is 24.9 Å². The third-order valence-electron chi connectivity index (χ3n) is 4.85. The molecule has 3 rings (SSSR count). The molecule has 1 fully saturated rings. The average molecular weight is 515 g/mol. The average Bonchev–Trinajstić information content (AvgIpc) is 3.42. The fourth-order valence-corrected chi connectivity index (χ4v) is 4.50. The molecule has 0 amide bonds. The van der Waals surface area contributed by atoms with E-state index in [9.17, 15) is 14.2 Å². The second-order valence-electron chi connectivity index (χ2n) is 7.70. The van der Waals surface area contributed by atoms with E-state index in [2.05, 4.69) is 15.0 Å². The highest BCUT2D eigenvalue weighted by atomic mass is 31.2. The number of esters is 2. The van der Waals surface area contributed by atoms with Crippen LogP contribution in [0.2, 0.25) is 0 Å².